The van der Waals surface area contributed by atoms with Gasteiger partial charge in [-0.1, -0.05) is 30.3 Å². The van der Waals surface area contributed by atoms with Gasteiger partial charge >= 0.3 is 6.03 Å². The van der Waals surface area contributed by atoms with Crippen molar-refractivity contribution in [3.63, 3.8) is 0 Å². The third-order valence-corrected chi connectivity index (χ3v) is 2.73. The number of nitrogens with zero attached hydrogens (tertiary/aromatic N) is 2. The minimum atomic E-state index is -0.169. The number of hydrogen-bond donors (Lipinski definition) is 2. The molecule has 0 aliphatic heterocycles. The second kappa shape index (κ2) is 6.75. The molecule has 0 atom stereocenters. The fourth-order valence-electron chi connectivity index (χ4n) is 1.84. The third-order valence-electron chi connectivity index (χ3n) is 2.73. The van der Waals surface area contributed by atoms with E-state index >= 15 is 0 Å². The molecule has 2 amide bonds. The van der Waals surface area contributed by atoms with Crippen LogP contribution in [-0.2, 0) is 13.1 Å². The van der Waals surface area contributed by atoms with Gasteiger partial charge in [0, 0.05) is 12.2 Å². The van der Waals surface area contributed by atoms with Gasteiger partial charge in [0.1, 0.15) is 0 Å². The van der Waals surface area contributed by atoms with Crippen LogP contribution in [0.4, 0.5) is 4.79 Å². The molecule has 5 heteroatoms. The third kappa shape index (κ3) is 4.42. The van der Waals surface area contributed by atoms with Crippen LogP contribution in [-0.4, -0.2) is 21.9 Å². The van der Waals surface area contributed by atoms with Crippen LogP contribution in [0.15, 0.2) is 42.6 Å². The van der Waals surface area contributed by atoms with Gasteiger partial charge in [0.15, 0.2) is 0 Å². The van der Waals surface area contributed by atoms with E-state index in [1.165, 1.54) is 5.56 Å². The number of hydrogen-bond acceptors (Lipinski definition) is 2. The van der Waals surface area contributed by atoms with E-state index in [2.05, 4.69) is 27.9 Å². The molecule has 0 spiro atoms. The zero-order valence-electron chi connectivity index (χ0n) is 11.8. The van der Waals surface area contributed by atoms with Crippen molar-refractivity contribution in [1.29, 1.82) is 0 Å². The van der Waals surface area contributed by atoms with Gasteiger partial charge in [-0.15, -0.1) is 0 Å². The minimum Gasteiger partial charge on any atom is -0.336 e. The summed E-state index contributed by atoms with van der Waals surface area (Å²) in [5, 5.41) is 9.99. The number of urea groups is 1. The van der Waals surface area contributed by atoms with E-state index in [-0.39, 0.29) is 12.1 Å². The van der Waals surface area contributed by atoms with Crippen LogP contribution < -0.4 is 10.6 Å². The Labute approximate surface area is 119 Å². The standard InChI is InChI=1S/C15H20N4O/c1-12(2)17-15(20)16-10-14-8-9-19(18-14)11-13-6-4-3-5-7-13/h3-9,12H,10-11H2,1-2H3,(H2,16,17,20). The maximum atomic E-state index is 11.5. The van der Waals surface area contributed by atoms with Gasteiger partial charge in [-0.2, -0.15) is 5.10 Å². The number of nitrogens with one attached hydrogen (secondary N) is 2. The van der Waals surface area contributed by atoms with Crippen LogP contribution in [0.5, 0.6) is 0 Å². The quantitative estimate of drug-likeness (QED) is 0.876. The number of rotatable bonds is 5. The zero-order valence-corrected chi connectivity index (χ0v) is 11.8. The molecule has 20 heavy (non-hydrogen) atoms. The minimum absolute atomic E-state index is 0.130. The summed E-state index contributed by atoms with van der Waals surface area (Å²) in [5.41, 5.74) is 2.05. The topological polar surface area (TPSA) is 59.0 Å². The van der Waals surface area contributed by atoms with E-state index in [9.17, 15) is 4.79 Å². The van der Waals surface area contributed by atoms with Crippen molar-refractivity contribution in [3.8, 4) is 0 Å². The van der Waals surface area contributed by atoms with Crippen molar-refractivity contribution < 1.29 is 4.79 Å². The molecule has 0 aliphatic rings. The normalized spacial score (nSPS) is 10.6. The van der Waals surface area contributed by atoms with Crippen molar-refractivity contribution in [2.45, 2.75) is 33.0 Å². The molecule has 0 aliphatic carbocycles. The molecule has 0 unspecified atom stereocenters. The highest BCUT2D eigenvalue weighted by Crippen LogP contribution is 2.03. The van der Waals surface area contributed by atoms with E-state index in [0.717, 1.165) is 12.2 Å². The molecular formula is C15H20N4O. The molecule has 2 rings (SSSR count). The predicted octanol–water partition coefficient (Wildman–Crippen LogP) is 2.14. The largest absolute Gasteiger partial charge is 0.336 e. The molecule has 0 saturated heterocycles. The summed E-state index contributed by atoms with van der Waals surface area (Å²) in [6.07, 6.45) is 1.92. The molecule has 1 aromatic carbocycles. The smallest absolute Gasteiger partial charge is 0.315 e. The predicted molar refractivity (Wildman–Crippen MR) is 78.3 cm³/mol. The average molecular weight is 272 g/mol. The Morgan fingerprint density at radius 1 is 1.25 bits per heavy atom. The Hall–Kier alpha value is -2.30. The molecule has 1 heterocycles. The van der Waals surface area contributed by atoms with Crippen molar-refractivity contribution >= 4 is 6.03 Å². The summed E-state index contributed by atoms with van der Waals surface area (Å²) in [6, 6.07) is 12.0. The van der Waals surface area contributed by atoms with Gasteiger partial charge in [0.05, 0.1) is 18.8 Å². The van der Waals surface area contributed by atoms with Crippen LogP contribution >= 0.6 is 0 Å². The Morgan fingerprint density at radius 3 is 2.70 bits per heavy atom. The van der Waals surface area contributed by atoms with E-state index in [1.807, 2.05) is 49.0 Å². The lowest BCUT2D eigenvalue weighted by molar-refractivity contribution is 0.238. The van der Waals surface area contributed by atoms with Crippen molar-refractivity contribution in [2.24, 2.45) is 0 Å². The summed E-state index contributed by atoms with van der Waals surface area (Å²) < 4.78 is 1.87. The van der Waals surface area contributed by atoms with E-state index in [0.29, 0.717) is 6.54 Å². The Bertz CT molecular complexity index is 548. The summed E-state index contributed by atoms with van der Waals surface area (Å²) in [6.45, 7) is 5.02. The Morgan fingerprint density at radius 2 is 2.00 bits per heavy atom. The molecule has 5 nitrogen and oxygen atoms in total. The number of carbonyl (C=O) groups is 1. The van der Waals surface area contributed by atoms with E-state index in [4.69, 9.17) is 0 Å². The van der Waals surface area contributed by atoms with Crippen LogP contribution in [0.2, 0.25) is 0 Å². The van der Waals surface area contributed by atoms with Crippen molar-refractivity contribution in [1.82, 2.24) is 20.4 Å². The number of benzene rings is 1. The monoisotopic (exact) mass is 272 g/mol. The zero-order chi connectivity index (χ0) is 14.4. The second-order valence-corrected chi connectivity index (χ2v) is 4.97. The molecule has 106 valence electrons. The van der Waals surface area contributed by atoms with Gasteiger partial charge in [-0.25, -0.2) is 4.79 Å². The first-order valence-corrected chi connectivity index (χ1v) is 6.74. The van der Waals surface area contributed by atoms with Gasteiger partial charge in [0.2, 0.25) is 0 Å². The highest BCUT2D eigenvalue weighted by Gasteiger charge is 2.04. The number of amides is 2. The molecule has 0 fully saturated rings. The highest BCUT2D eigenvalue weighted by molar-refractivity contribution is 5.73. The summed E-state index contributed by atoms with van der Waals surface area (Å²) in [5.74, 6) is 0. The summed E-state index contributed by atoms with van der Waals surface area (Å²) >= 11 is 0. The molecule has 1 aromatic heterocycles. The maximum Gasteiger partial charge on any atom is 0.315 e. The Kier molecular flexibility index (Phi) is 4.76. The van der Waals surface area contributed by atoms with E-state index in [1.54, 1.807) is 0 Å². The van der Waals surface area contributed by atoms with Crippen LogP contribution in [0.1, 0.15) is 25.1 Å². The fourth-order valence-corrected chi connectivity index (χ4v) is 1.84. The number of aromatic nitrogens is 2. The molecule has 0 bridgehead atoms. The molecule has 2 N–H and O–H groups in total. The first-order chi connectivity index (χ1) is 9.63. The van der Waals surface area contributed by atoms with Crippen LogP contribution in [0.3, 0.4) is 0 Å². The van der Waals surface area contributed by atoms with Gasteiger partial charge in [0.25, 0.3) is 0 Å². The first-order valence-electron chi connectivity index (χ1n) is 6.74. The van der Waals surface area contributed by atoms with Gasteiger partial charge < -0.3 is 10.6 Å². The average Bonchev–Trinajstić information content (AvgIpc) is 2.84. The lowest BCUT2D eigenvalue weighted by atomic mass is 10.2. The highest BCUT2D eigenvalue weighted by atomic mass is 16.2. The summed E-state index contributed by atoms with van der Waals surface area (Å²) in [4.78, 5) is 11.5. The second-order valence-electron chi connectivity index (χ2n) is 4.97. The first kappa shape index (κ1) is 14.1. The SMILES string of the molecule is CC(C)NC(=O)NCc1ccn(Cc2ccccc2)n1. The summed E-state index contributed by atoms with van der Waals surface area (Å²) in [7, 11) is 0. The van der Waals surface area contributed by atoms with Crippen LogP contribution in [0, 0.1) is 0 Å². The molecular weight excluding hydrogens is 252 g/mol. The lowest BCUT2D eigenvalue weighted by Crippen LogP contribution is -2.39. The lowest BCUT2D eigenvalue weighted by Gasteiger charge is -2.08. The van der Waals surface area contributed by atoms with Gasteiger partial charge in [-0.3, -0.25) is 4.68 Å². The van der Waals surface area contributed by atoms with Crippen molar-refractivity contribution in [3.05, 3.63) is 53.9 Å². The fraction of sp³-hybridized carbons (Fsp3) is 0.333. The maximum absolute atomic E-state index is 11.5. The molecule has 0 saturated carbocycles. The Balaban J connectivity index is 1.85. The van der Waals surface area contributed by atoms with Gasteiger partial charge in [-0.05, 0) is 25.5 Å². The van der Waals surface area contributed by atoms with Crippen molar-refractivity contribution in [2.75, 3.05) is 0 Å². The number of carbonyl (C=O) groups excluding carboxylic acids is 1. The molecule has 0 radical (unpaired) electrons. The van der Waals surface area contributed by atoms with E-state index < -0.39 is 0 Å². The molecule has 2 aromatic rings. The van der Waals surface area contributed by atoms with Crippen LogP contribution in [0.25, 0.3) is 0 Å².